The molecule has 0 saturated carbocycles. The van der Waals surface area contributed by atoms with Crippen molar-refractivity contribution in [3.63, 3.8) is 0 Å². The Bertz CT molecular complexity index is 639. The summed E-state index contributed by atoms with van der Waals surface area (Å²) in [4.78, 5) is 16.2. The fraction of sp³-hybridized carbons (Fsp3) is 0.0714. The average Bonchev–Trinajstić information content (AvgIpc) is 2.48. The molecular weight excluding hydrogens is 272 g/mol. The molecule has 0 aromatic heterocycles. The van der Waals surface area contributed by atoms with Gasteiger partial charge in [-0.15, -0.1) is 0 Å². The summed E-state index contributed by atoms with van der Waals surface area (Å²) in [5.74, 6) is -0.330. The van der Waals surface area contributed by atoms with Gasteiger partial charge in [-0.3, -0.25) is 4.79 Å². The topological polar surface area (TPSA) is 77.9 Å². The van der Waals surface area contributed by atoms with E-state index < -0.39 is 0 Å². The quantitative estimate of drug-likeness (QED) is 0.510. The minimum atomic E-state index is -0.330. The Morgan fingerprint density at radius 2 is 1.85 bits per heavy atom. The van der Waals surface area contributed by atoms with Gasteiger partial charge in [0.1, 0.15) is 6.54 Å². The summed E-state index contributed by atoms with van der Waals surface area (Å²) in [5, 5.41) is 5.98. The molecule has 0 aliphatic carbocycles. The molecule has 0 unspecified atom stereocenters. The van der Waals surface area contributed by atoms with Gasteiger partial charge in [0.2, 0.25) is 5.91 Å². The molecule has 0 heterocycles. The standard InChI is InChI=1S/C14H12N4OS/c15-18-16-10-14(19)17-12-8-4-5-9-13(12)20-11-6-2-1-3-7-11/h1-9H,10H2,(H,17,19). The van der Waals surface area contributed by atoms with Gasteiger partial charge in [0.15, 0.2) is 0 Å². The number of hydrogen-bond donors (Lipinski definition) is 1. The summed E-state index contributed by atoms with van der Waals surface area (Å²) >= 11 is 1.56. The number of rotatable bonds is 5. The first-order chi connectivity index (χ1) is 9.79. The van der Waals surface area contributed by atoms with Crippen LogP contribution in [-0.2, 0) is 4.79 Å². The van der Waals surface area contributed by atoms with E-state index in [1.54, 1.807) is 11.8 Å². The monoisotopic (exact) mass is 284 g/mol. The summed E-state index contributed by atoms with van der Waals surface area (Å²) in [5.41, 5.74) is 8.91. The van der Waals surface area contributed by atoms with E-state index in [0.717, 1.165) is 9.79 Å². The zero-order chi connectivity index (χ0) is 14.2. The lowest BCUT2D eigenvalue weighted by Gasteiger charge is -2.09. The zero-order valence-corrected chi connectivity index (χ0v) is 11.4. The molecule has 2 aromatic rings. The Kier molecular flexibility index (Phi) is 5.06. The lowest BCUT2D eigenvalue weighted by Crippen LogP contribution is -2.14. The molecule has 0 saturated heterocycles. The first-order valence-electron chi connectivity index (χ1n) is 5.92. The maximum absolute atomic E-state index is 11.6. The van der Waals surface area contributed by atoms with Crippen LogP contribution in [-0.4, -0.2) is 12.5 Å². The molecule has 20 heavy (non-hydrogen) atoms. The van der Waals surface area contributed by atoms with Crippen molar-refractivity contribution in [3.05, 3.63) is 65.0 Å². The molecule has 0 radical (unpaired) electrons. The molecule has 5 nitrogen and oxygen atoms in total. The van der Waals surface area contributed by atoms with E-state index >= 15 is 0 Å². The molecule has 100 valence electrons. The molecule has 0 spiro atoms. The molecule has 0 fully saturated rings. The summed E-state index contributed by atoms with van der Waals surface area (Å²) in [6.45, 7) is -0.208. The Labute approximate surface area is 120 Å². The van der Waals surface area contributed by atoms with Crippen molar-refractivity contribution in [1.29, 1.82) is 0 Å². The minimum absolute atomic E-state index is 0.208. The maximum atomic E-state index is 11.6. The second kappa shape index (κ2) is 7.23. The number of hydrogen-bond acceptors (Lipinski definition) is 3. The van der Waals surface area contributed by atoms with Crippen molar-refractivity contribution >= 4 is 23.4 Å². The predicted molar refractivity (Wildman–Crippen MR) is 79.6 cm³/mol. The van der Waals surface area contributed by atoms with Crippen LogP contribution < -0.4 is 5.32 Å². The highest BCUT2D eigenvalue weighted by molar-refractivity contribution is 7.99. The summed E-state index contributed by atoms with van der Waals surface area (Å²) in [6.07, 6.45) is 0. The molecule has 2 aromatic carbocycles. The molecule has 1 N–H and O–H groups in total. The van der Waals surface area contributed by atoms with Crippen molar-refractivity contribution in [3.8, 4) is 0 Å². The molecule has 0 aliphatic heterocycles. The van der Waals surface area contributed by atoms with Crippen LogP contribution in [0.4, 0.5) is 5.69 Å². The van der Waals surface area contributed by atoms with Gasteiger partial charge in [0.05, 0.1) is 5.69 Å². The van der Waals surface area contributed by atoms with E-state index in [2.05, 4.69) is 15.3 Å². The number of amides is 1. The van der Waals surface area contributed by atoms with E-state index in [-0.39, 0.29) is 12.5 Å². The van der Waals surface area contributed by atoms with Crippen LogP contribution in [0.15, 0.2) is 69.5 Å². The third-order valence-electron chi connectivity index (χ3n) is 2.41. The van der Waals surface area contributed by atoms with Crippen molar-refractivity contribution in [2.24, 2.45) is 5.11 Å². The number of carbonyl (C=O) groups excluding carboxylic acids is 1. The third-order valence-corrected chi connectivity index (χ3v) is 3.49. The molecule has 0 bridgehead atoms. The van der Waals surface area contributed by atoms with Crippen LogP contribution in [0.3, 0.4) is 0 Å². The van der Waals surface area contributed by atoms with Crippen LogP contribution in [0, 0.1) is 0 Å². The van der Waals surface area contributed by atoms with Gasteiger partial charge in [0.25, 0.3) is 0 Å². The molecule has 2 rings (SSSR count). The third kappa shape index (κ3) is 4.05. The molecule has 6 heteroatoms. The molecule has 1 amide bonds. The molecule has 0 aliphatic rings. The number of azide groups is 1. The summed E-state index contributed by atoms with van der Waals surface area (Å²) in [7, 11) is 0. The number of para-hydroxylation sites is 1. The van der Waals surface area contributed by atoms with E-state index in [1.807, 2.05) is 54.6 Å². The first kappa shape index (κ1) is 14.0. The van der Waals surface area contributed by atoms with Gasteiger partial charge in [-0.25, -0.2) is 0 Å². The highest BCUT2D eigenvalue weighted by Gasteiger charge is 2.06. The number of nitrogens with zero attached hydrogens (tertiary/aromatic N) is 3. The number of carbonyl (C=O) groups is 1. The largest absolute Gasteiger partial charge is 0.325 e. The van der Waals surface area contributed by atoms with Crippen LogP contribution in [0.2, 0.25) is 0 Å². The fourth-order valence-corrected chi connectivity index (χ4v) is 2.48. The van der Waals surface area contributed by atoms with Gasteiger partial charge >= 0.3 is 0 Å². The number of nitrogens with one attached hydrogen (secondary N) is 1. The average molecular weight is 284 g/mol. The lowest BCUT2D eigenvalue weighted by atomic mass is 10.3. The van der Waals surface area contributed by atoms with Crippen LogP contribution in [0.25, 0.3) is 10.4 Å². The van der Waals surface area contributed by atoms with E-state index in [9.17, 15) is 4.79 Å². The summed E-state index contributed by atoms with van der Waals surface area (Å²) in [6, 6.07) is 17.4. The van der Waals surface area contributed by atoms with E-state index in [0.29, 0.717) is 5.69 Å². The Balaban J connectivity index is 2.14. The first-order valence-corrected chi connectivity index (χ1v) is 6.74. The van der Waals surface area contributed by atoms with E-state index in [4.69, 9.17) is 5.53 Å². The van der Waals surface area contributed by atoms with Crippen molar-refractivity contribution < 1.29 is 4.79 Å². The van der Waals surface area contributed by atoms with Crippen LogP contribution in [0.1, 0.15) is 0 Å². The van der Waals surface area contributed by atoms with Gasteiger partial charge < -0.3 is 5.32 Å². The smallest absolute Gasteiger partial charge is 0.230 e. The number of anilines is 1. The summed E-state index contributed by atoms with van der Waals surface area (Å²) < 4.78 is 0. The fourth-order valence-electron chi connectivity index (χ4n) is 1.56. The Morgan fingerprint density at radius 3 is 2.60 bits per heavy atom. The zero-order valence-electron chi connectivity index (χ0n) is 10.6. The van der Waals surface area contributed by atoms with Gasteiger partial charge in [-0.05, 0) is 29.8 Å². The Morgan fingerprint density at radius 1 is 1.15 bits per heavy atom. The van der Waals surface area contributed by atoms with E-state index in [1.165, 1.54) is 0 Å². The van der Waals surface area contributed by atoms with Crippen molar-refractivity contribution in [1.82, 2.24) is 0 Å². The normalized spacial score (nSPS) is 9.60. The second-order valence-corrected chi connectivity index (χ2v) is 4.96. The lowest BCUT2D eigenvalue weighted by molar-refractivity contribution is -0.114. The predicted octanol–water partition coefficient (Wildman–Crippen LogP) is 4.09. The Hall–Kier alpha value is -2.43. The van der Waals surface area contributed by atoms with Gasteiger partial charge in [0, 0.05) is 14.7 Å². The van der Waals surface area contributed by atoms with Gasteiger partial charge in [-0.1, -0.05) is 47.2 Å². The van der Waals surface area contributed by atoms with Crippen molar-refractivity contribution in [2.75, 3.05) is 11.9 Å². The van der Waals surface area contributed by atoms with Crippen LogP contribution in [0.5, 0.6) is 0 Å². The minimum Gasteiger partial charge on any atom is -0.325 e. The highest BCUT2D eigenvalue weighted by atomic mass is 32.2. The molecule has 0 atom stereocenters. The van der Waals surface area contributed by atoms with Crippen LogP contribution >= 0.6 is 11.8 Å². The second-order valence-electron chi connectivity index (χ2n) is 3.85. The van der Waals surface area contributed by atoms with Crippen molar-refractivity contribution in [2.45, 2.75) is 9.79 Å². The van der Waals surface area contributed by atoms with Gasteiger partial charge in [-0.2, -0.15) is 0 Å². The molecular formula is C14H12N4OS. The highest BCUT2D eigenvalue weighted by Crippen LogP contribution is 2.33. The number of benzene rings is 2. The SMILES string of the molecule is [N-]=[N+]=NCC(=O)Nc1ccccc1Sc1ccccc1. The maximum Gasteiger partial charge on any atom is 0.230 e.